The van der Waals surface area contributed by atoms with Crippen molar-refractivity contribution in [3.05, 3.63) is 87.5 Å². The van der Waals surface area contributed by atoms with Gasteiger partial charge < -0.3 is 16.4 Å². The van der Waals surface area contributed by atoms with Crippen LogP contribution in [0.2, 0.25) is 0 Å². The summed E-state index contributed by atoms with van der Waals surface area (Å²) in [6.07, 6.45) is 7.52. The fourth-order valence-corrected chi connectivity index (χ4v) is 5.06. The summed E-state index contributed by atoms with van der Waals surface area (Å²) >= 11 is 0. The Kier molecular flexibility index (Phi) is 8.14. The molecular formula is C30H33N7O3. The van der Waals surface area contributed by atoms with E-state index < -0.39 is 5.56 Å². The lowest BCUT2D eigenvalue weighted by Crippen LogP contribution is -2.32. The maximum Gasteiger partial charge on any atom is 0.280 e. The zero-order valence-corrected chi connectivity index (χ0v) is 22.4. The Morgan fingerprint density at radius 2 is 1.73 bits per heavy atom. The number of nitrogen functional groups attached to an aromatic ring is 1. The second kappa shape index (κ2) is 12.1. The number of hydrogen-bond acceptors (Lipinski definition) is 8. The van der Waals surface area contributed by atoms with E-state index in [4.69, 9.17) is 5.73 Å². The van der Waals surface area contributed by atoms with Crippen LogP contribution in [-0.2, 0) is 6.54 Å². The zero-order valence-electron chi connectivity index (χ0n) is 22.4. The molecule has 10 nitrogen and oxygen atoms in total. The first-order valence-electron chi connectivity index (χ1n) is 13.6. The van der Waals surface area contributed by atoms with Crippen LogP contribution in [0.5, 0.6) is 0 Å². The van der Waals surface area contributed by atoms with Crippen LogP contribution in [0.3, 0.4) is 0 Å². The van der Waals surface area contributed by atoms with Crippen LogP contribution in [0.4, 0.5) is 11.6 Å². The average molecular weight is 540 g/mol. The Morgan fingerprint density at radius 3 is 2.45 bits per heavy atom. The molecule has 1 saturated carbocycles. The molecule has 5 rings (SSSR count). The van der Waals surface area contributed by atoms with Gasteiger partial charge >= 0.3 is 0 Å². The highest BCUT2D eigenvalue weighted by Crippen LogP contribution is 2.34. The predicted molar refractivity (Wildman–Crippen MR) is 154 cm³/mol. The molecular weight excluding hydrogens is 506 g/mol. The molecule has 1 atom stereocenters. The van der Waals surface area contributed by atoms with Crippen LogP contribution >= 0.6 is 0 Å². The molecule has 1 aliphatic carbocycles. The van der Waals surface area contributed by atoms with Gasteiger partial charge in [-0.3, -0.25) is 19.4 Å². The van der Waals surface area contributed by atoms with Gasteiger partial charge in [0.05, 0.1) is 18.4 Å². The van der Waals surface area contributed by atoms with Crippen molar-refractivity contribution in [2.24, 2.45) is 0 Å². The fourth-order valence-electron chi connectivity index (χ4n) is 5.06. The summed E-state index contributed by atoms with van der Waals surface area (Å²) in [5.41, 5.74) is 9.31. The molecule has 0 bridgehead atoms. The number of Topliss-reactive ketones (excluding diaryl/α,β-unsaturated/α-hetero) is 1. The lowest BCUT2D eigenvalue weighted by atomic mass is 9.95. The number of anilines is 2. The number of amides is 1. The van der Waals surface area contributed by atoms with Gasteiger partial charge in [0, 0.05) is 29.3 Å². The van der Waals surface area contributed by atoms with Crippen LogP contribution in [0.15, 0.2) is 59.5 Å². The molecule has 2 aromatic heterocycles. The summed E-state index contributed by atoms with van der Waals surface area (Å²) in [6, 6.07) is 15.0. The molecule has 0 radical (unpaired) electrons. The lowest BCUT2D eigenvalue weighted by molar-refractivity contribution is 0.0920. The molecule has 2 aromatic carbocycles. The standard InChI is InChI=1S/C30H33N7O3/c1-18(6-15-25(38)21-9-7-20(8-10-21)19-4-2-3-5-19)34-28(39)22-11-13-23(14-12-22)32-16-24-17-33-27-26(35-24)29(40)37-30(31)36-27/h7-14,17-19,32H,2-6,15-16H2,1H3,(H,34,39)(H3,31,33,36,37,40)/t18-/m1/s1. The monoisotopic (exact) mass is 539 g/mol. The third kappa shape index (κ3) is 6.51. The first kappa shape index (κ1) is 27.0. The van der Waals surface area contributed by atoms with E-state index in [9.17, 15) is 14.4 Å². The van der Waals surface area contributed by atoms with E-state index in [-0.39, 0.29) is 34.8 Å². The second-order valence-corrected chi connectivity index (χ2v) is 10.4. The number of nitrogens with one attached hydrogen (secondary N) is 3. The first-order chi connectivity index (χ1) is 19.4. The smallest absolute Gasteiger partial charge is 0.280 e. The second-order valence-electron chi connectivity index (χ2n) is 10.4. The van der Waals surface area contributed by atoms with Gasteiger partial charge in [-0.1, -0.05) is 37.1 Å². The van der Waals surface area contributed by atoms with E-state index >= 15 is 0 Å². The lowest BCUT2D eigenvalue weighted by Gasteiger charge is -2.14. The van der Waals surface area contributed by atoms with E-state index in [0.717, 1.165) is 11.3 Å². The molecule has 1 fully saturated rings. The van der Waals surface area contributed by atoms with Crippen molar-refractivity contribution in [1.82, 2.24) is 25.3 Å². The van der Waals surface area contributed by atoms with E-state index in [0.29, 0.717) is 36.6 Å². The van der Waals surface area contributed by atoms with Crippen LogP contribution in [-0.4, -0.2) is 37.7 Å². The third-order valence-corrected chi connectivity index (χ3v) is 7.35. The molecule has 0 unspecified atom stereocenters. The number of fused-ring (bicyclic) bond motifs is 1. The number of rotatable bonds is 10. The van der Waals surface area contributed by atoms with Gasteiger partial charge in [-0.25, -0.2) is 9.97 Å². The number of nitrogens with zero attached hydrogens (tertiary/aromatic N) is 3. The highest BCUT2D eigenvalue weighted by molar-refractivity contribution is 5.96. The summed E-state index contributed by atoms with van der Waals surface area (Å²) in [5.74, 6) is 0.521. The van der Waals surface area contributed by atoms with Crippen molar-refractivity contribution in [2.75, 3.05) is 11.1 Å². The molecule has 40 heavy (non-hydrogen) atoms. The molecule has 0 spiro atoms. The number of benzene rings is 2. The molecule has 5 N–H and O–H groups in total. The molecule has 206 valence electrons. The van der Waals surface area contributed by atoms with Gasteiger partial charge in [0.1, 0.15) is 0 Å². The number of ketones is 1. The number of hydrogen-bond donors (Lipinski definition) is 4. The summed E-state index contributed by atoms with van der Waals surface area (Å²) in [4.78, 5) is 52.3. The zero-order chi connectivity index (χ0) is 28.1. The number of aromatic amines is 1. The quantitative estimate of drug-likeness (QED) is 0.217. The first-order valence-corrected chi connectivity index (χ1v) is 13.6. The van der Waals surface area contributed by atoms with Crippen molar-refractivity contribution < 1.29 is 9.59 Å². The van der Waals surface area contributed by atoms with Gasteiger partial charge in [-0.15, -0.1) is 0 Å². The van der Waals surface area contributed by atoms with Crippen LogP contribution < -0.4 is 21.9 Å². The SMILES string of the molecule is C[C@H](CCC(=O)c1ccc(C2CCCC2)cc1)NC(=O)c1ccc(NCc2cnc3nc(N)[nH]c(=O)c3n2)cc1. The van der Waals surface area contributed by atoms with Crippen LogP contribution in [0.25, 0.3) is 11.2 Å². The van der Waals surface area contributed by atoms with Gasteiger partial charge in [0.2, 0.25) is 5.95 Å². The minimum Gasteiger partial charge on any atom is -0.379 e. The van der Waals surface area contributed by atoms with Crippen molar-refractivity contribution in [1.29, 1.82) is 0 Å². The highest BCUT2D eigenvalue weighted by Gasteiger charge is 2.18. The number of carbonyl (C=O) groups excluding carboxylic acids is 2. The minimum absolute atomic E-state index is 0.00973. The molecule has 10 heteroatoms. The molecule has 0 saturated heterocycles. The Bertz CT molecular complexity index is 1560. The summed E-state index contributed by atoms with van der Waals surface area (Å²) < 4.78 is 0. The number of nitrogens with two attached hydrogens (primary N) is 1. The average Bonchev–Trinajstić information content (AvgIpc) is 3.50. The van der Waals surface area contributed by atoms with Gasteiger partial charge in [-0.2, -0.15) is 4.98 Å². The maximum absolute atomic E-state index is 12.7. The Morgan fingerprint density at radius 1 is 1.02 bits per heavy atom. The largest absolute Gasteiger partial charge is 0.379 e. The van der Waals surface area contributed by atoms with Crippen molar-refractivity contribution >= 4 is 34.5 Å². The molecule has 0 aliphatic heterocycles. The van der Waals surface area contributed by atoms with Crippen molar-refractivity contribution in [2.45, 2.75) is 64.0 Å². The molecule has 2 heterocycles. The van der Waals surface area contributed by atoms with E-state index in [1.807, 2.05) is 19.1 Å². The van der Waals surface area contributed by atoms with Crippen LogP contribution in [0.1, 0.15) is 83.3 Å². The molecule has 1 amide bonds. The van der Waals surface area contributed by atoms with Gasteiger partial charge in [0.15, 0.2) is 16.9 Å². The summed E-state index contributed by atoms with van der Waals surface area (Å²) in [6.45, 7) is 2.23. The normalized spacial score (nSPS) is 14.2. The fraction of sp³-hybridized carbons (Fsp3) is 0.333. The Labute approximate surface area is 231 Å². The Balaban J connectivity index is 1.09. The van der Waals surface area contributed by atoms with E-state index in [1.54, 1.807) is 24.3 Å². The van der Waals surface area contributed by atoms with Gasteiger partial charge in [-0.05, 0) is 61.9 Å². The summed E-state index contributed by atoms with van der Waals surface area (Å²) in [5, 5.41) is 6.18. The topological polar surface area (TPSA) is 156 Å². The van der Waals surface area contributed by atoms with E-state index in [2.05, 4.69) is 42.7 Å². The third-order valence-electron chi connectivity index (χ3n) is 7.35. The summed E-state index contributed by atoms with van der Waals surface area (Å²) in [7, 11) is 0. The number of H-pyrrole nitrogens is 1. The number of aromatic nitrogens is 4. The van der Waals surface area contributed by atoms with Gasteiger partial charge in [0.25, 0.3) is 11.5 Å². The van der Waals surface area contributed by atoms with E-state index in [1.165, 1.54) is 37.4 Å². The van der Waals surface area contributed by atoms with Crippen molar-refractivity contribution in [3.8, 4) is 0 Å². The Hall–Kier alpha value is -4.60. The minimum atomic E-state index is -0.445. The maximum atomic E-state index is 12.7. The van der Waals surface area contributed by atoms with Crippen molar-refractivity contribution in [3.63, 3.8) is 0 Å². The predicted octanol–water partition coefficient (Wildman–Crippen LogP) is 4.35. The molecule has 1 aliphatic rings. The number of carbonyl (C=O) groups is 2. The highest BCUT2D eigenvalue weighted by atomic mass is 16.2. The van der Waals surface area contributed by atoms with Crippen LogP contribution in [0, 0.1) is 0 Å². The molecule has 4 aromatic rings.